The normalized spacial score (nSPS) is 10.2. The highest BCUT2D eigenvalue weighted by molar-refractivity contribution is 9.10. The number of anilines is 1. The summed E-state index contributed by atoms with van der Waals surface area (Å²) >= 11 is 3.37. The first-order valence-corrected chi connectivity index (χ1v) is 8.20. The van der Waals surface area contributed by atoms with Gasteiger partial charge in [-0.05, 0) is 42.7 Å². The van der Waals surface area contributed by atoms with Crippen LogP contribution in [-0.2, 0) is 16.0 Å². The van der Waals surface area contributed by atoms with Crippen molar-refractivity contribution < 1.29 is 9.59 Å². The molecule has 0 saturated heterocycles. The minimum absolute atomic E-state index is 0.176. The Hall–Kier alpha value is -2.14. The van der Waals surface area contributed by atoms with E-state index in [9.17, 15) is 9.59 Å². The molecule has 23 heavy (non-hydrogen) atoms. The van der Waals surface area contributed by atoms with Crippen LogP contribution in [0.5, 0.6) is 0 Å². The van der Waals surface area contributed by atoms with E-state index < -0.39 is 0 Å². The van der Waals surface area contributed by atoms with E-state index in [1.165, 1.54) is 0 Å². The van der Waals surface area contributed by atoms with Gasteiger partial charge in [0.15, 0.2) is 0 Å². The molecule has 0 heterocycles. The van der Waals surface area contributed by atoms with Crippen LogP contribution in [0.15, 0.2) is 53.0 Å². The van der Waals surface area contributed by atoms with Gasteiger partial charge in [-0.1, -0.05) is 46.3 Å². The van der Waals surface area contributed by atoms with Crippen molar-refractivity contribution in [2.75, 3.05) is 11.9 Å². The standard InChI is InChI=1S/C18H19BrN2O2/c1-13-11-15(19)7-8-16(13)21-18(23)12-17(22)20-10-9-14-5-3-2-4-6-14/h2-8,11H,9-10,12H2,1H3,(H,20,22)(H,21,23). The summed E-state index contributed by atoms with van der Waals surface area (Å²) in [6.07, 6.45) is 0.574. The Bertz CT molecular complexity index is 687. The fourth-order valence-electron chi connectivity index (χ4n) is 2.16. The van der Waals surface area contributed by atoms with Crippen LogP contribution >= 0.6 is 15.9 Å². The van der Waals surface area contributed by atoms with Crippen LogP contribution in [0.1, 0.15) is 17.5 Å². The molecular weight excluding hydrogens is 356 g/mol. The second-order valence-electron chi connectivity index (χ2n) is 5.27. The number of benzene rings is 2. The molecule has 0 atom stereocenters. The Balaban J connectivity index is 1.75. The second kappa shape index (κ2) is 8.48. The maximum absolute atomic E-state index is 11.9. The number of carbonyl (C=O) groups excluding carboxylic acids is 2. The molecule has 0 unspecified atom stereocenters. The lowest BCUT2D eigenvalue weighted by Crippen LogP contribution is -2.29. The van der Waals surface area contributed by atoms with Gasteiger partial charge in [0, 0.05) is 16.7 Å². The summed E-state index contributed by atoms with van der Waals surface area (Å²) in [7, 11) is 0. The molecule has 0 aliphatic heterocycles. The van der Waals surface area contributed by atoms with Crippen LogP contribution in [0.25, 0.3) is 0 Å². The smallest absolute Gasteiger partial charge is 0.233 e. The van der Waals surface area contributed by atoms with E-state index in [1.807, 2.05) is 55.5 Å². The lowest BCUT2D eigenvalue weighted by Gasteiger charge is -2.09. The van der Waals surface area contributed by atoms with Gasteiger partial charge in [-0.15, -0.1) is 0 Å². The van der Waals surface area contributed by atoms with Crippen LogP contribution in [0.4, 0.5) is 5.69 Å². The van der Waals surface area contributed by atoms with Gasteiger partial charge in [0.1, 0.15) is 6.42 Å². The molecule has 2 aromatic carbocycles. The zero-order valence-corrected chi connectivity index (χ0v) is 14.5. The number of amides is 2. The van der Waals surface area contributed by atoms with Crippen LogP contribution in [0, 0.1) is 6.92 Å². The lowest BCUT2D eigenvalue weighted by atomic mass is 10.1. The van der Waals surface area contributed by atoms with Crippen molar-refractivity contribution in [3.8, 4) is 0 Å². The first-order valence-electron chi connectivity index (χ1n) is 7.41. The molecular formula is C18H19BrN2O2. The molecule has 0 aromatic heterocycles. The Morgan fingerprint density at radius 3 is 2.48 bits per heavy atom. The Morgan fingerprint density at radius 2 is 1.78 bits per heavy atom. The average Bonchev–Trinajstić information content (AvgIpc) is 2.51. The van der Waals surface area contributed by atoms with Crippen molar-refractivity contribution in [3.05, 3.63) is 64.1 Å². The van der Waals surface area contributed by atoms with Gasteiger partial charge < -0.3 is 10.6 Å². The van der Waals surface area contributed by atoms with Gasteiger partial charge in [-0.3, -0.25) is 9.59 Å². The number of hydrogen-bond acceptors (Lipinski definition) is 2. The van der Waals surface area contributed by atoms with Crippen molar-refractivity contribution in [2.45, 2.75) is 19.8 Å². The first-order chi connectivity index (χ1) is 11.0. The van der Waals surface area contributed by atoms with Gasteiger partial charge in [0.2, 0.25) is 11.8 Å². The molecule has 0 saturated carbocycles. The molecule has 0 spiro atoms. The van der Waals surface area contributed by atoms with E-state index in [-0.39, 0.29) is 18.2 Å². The van der Waals surface area contributed by atoms with Crippen LogP contribution in [0.3, 0.4) is 0 Å². The van der Waals surface area contributed by atoms with Crippen LogP contribution < -0.4 is 10.6 Å². The predicted octanol–water partition coefficient (Wildman–Crippen LogP) is 3.45. The van der Waals surface area contributed by atoms with E-state index >= 15 is 0 Å². The number of hydrogen-bond donors (Lipinski definition) is 2. The molecule has 0 bridgehead atoms. The Morgan fingerprint density at radius 1 is 1.04 bits per heavy atom. The molecule has 2 aromatic rings. The highest BCUT2D eigenvalue weighted by Crippen LogP contribution is 2.20. The van der Waals surface area contributed by atoms with Gasteiger partial charge in [0.25, 0.3) is 0 Å². The maximum atomic E-state index is 11.9. The van der Waals surface area contributed by atoms with Gasteiger partial charge in [-0.2, -0.15) is 0 Å². The first kappa shape index (κ1) is 17.2. The number of carbonyl (C=O) groups is 2. The monoisotopic (exact) mass is 374 g/mol. The summed E-state index contributed by atoms with van der Waals surface area (Å²) in [6.45, 7) is 2.42. The summed E-state index contributed by atoms with van der Waals surface area (Å²) in [5.41, 5.74) is 2.82. The average molecular weight is 375 g/mol. The lowest BCUT2D eigenvalue weighted by molar-refractivity contribution is -0.126. The fraction of sp³-hybridized carbons (Fsp3) is 0.222. The third-order valence-electron chi connectivity index (χ3n) is 3.36. The quantitative estimate of drug-likeness (QED) is 0.760. The van der Waals surface area contributed by atoms with Gasteiger partial charge in [-0.25, -0.2) is 0 Å². The van der Waals surface area contributed by atoms with E-state index in [1.54, 1.807) is 0 Å². The third-order valence-corrected chi connectivity index (χ3v) is 3.86. The molecule has 5 heteroatoms. The summed E-state index contributed by atoms with van der Waals surface area (Å²) in [5, 5.41) is 5.52. The van der Waals surface area contributed by atoms with Crippen LogP contribution in [0.2, 0.25) is 0 Å². The highest BCUT2D eigenvalue weighted by Gasteiger charge is 2.10. The summed E-state index contributed by atoms with van der Waals surface area (Å²) in [5.74, 6) is -0.583. The van der Waals surface area contributed by atoms with Crippen molar-refractivity contribution >= 4 is 33.4 Å². The van der Waals surface area contributed by atoms with Crippen molar-refractivity contribution in [1.82, 2.24) is 5.32 Å². The van der Waals surface area contributed by atoms with E-state index in [0.29, 0.717) is 6.54 Å². The minimum Gasteiger partial charge on any atom is -0.355 e. The van der Waals surface area contributed by atoms with Gasteiger partial charge >= 0.3 is 0 Å². The molecule has 120 valence electrons. The van der Waals surface area contributed by atoms with Crippen molar-refractivity contribution in [1.29, 1.82) is 0 Å². The topological polar surface area (TPSA) is 58.2 Å². The Labute approximate surface area is 144 Å². The molecule has 2 amide bonds. The molecule has 0 aliphatic rings. The molecule has 4 nitrogen and oxygen atoms in total. The zero-order chi connectivity index (χ0) is 16.7. The molecule has 0 radical (unpaired) electrons. The summed E-state index contributed by atoms with van der Waals surface area (Å²) in [6, 6.07) is 15.5. The van der Waals surface area contributed by atoms with E-state index in [0.717, 1.165) is 27.7 Å². The molecule has 0 aliphatic carbocycles. The predicted molar refractivity (Wildman–Crippen MR) is 95.3 cm³/mol. The second-order valence-corrected chi connectivity index (χ2v) is 6.19. The van der Waals surface area contributed by atoms with Crippen molar-refractivity contribution in [2.24, 2.45) is 0 Å². The number of rotatable bonds is 6. The van der Waals surface area contributed by atoms with E-state index in [4.69, 9.17) is 0 Å². The highest BCUT2D eigenvalue weighted by atomic mass is 79.9. The van der Waals surface area contributed by atoms with E-state index in [2.05, 4.69) is 26.6 Å². The van der Waals surface area contributed by atoms with Crippen LogP contribution in [-0.4, -0.2) is 18.4 Å². The molecule has 0 fully saturated rings. The largest absolute Gasteiger partial charge is 0.355 e. The van der Waals surface area contributed by atoms with Crippen molar-refractivity contribution in [3.63, 3.8) is 0 Å². The number of nitrogens with one attached hydrogen (secondary N) is 2. The Kier molecular flexibility index (Phi) is 6.35. The SMILES string of the molecule is Cc1cc(Br)ccc1NC(=O)CC(=O)NCCc1ccccc1. The summed E-state index contributed by atoms with van der Waals surface area (Å²) < 4.78 is 0.951. The third kappa shape index (κ3) is 5.87. The minimum atomic E-state index is -0.312. The number of halogens is 1. The molecule has 2 rings (SSSR count). The number of aryl methyl sites for hydroxylation is 1. The zero-order valence-electron chi connectivity index (χ0n) is 12.9. The summed E-state index contributed by atoms with van der Waals surface area (Å²) in [4.78, 5) is 23.7. The molecule has 2 N–H and O–H groups in total. The van der Waals surface area contributed by atoms with Gasteiger partial charge in [0.05, 0.1) is 0 Å². The maximum Gasteiger partial charge on any atom is 0.233 e. The fourth-order valence-corrected chi connectivity index (χ4v) is 2.64.